The topological polar surface area (TPSA) is 29.5 Å². The lowest BCUT2D eigenvalue weighted by molar-refractivity contribution is 0.0985. The first-order valence-electron chi connectivity index (χ1n) is 7.79. The van der Waals surface area contributed by atoms with Crippen molar-refractivity contribution in [2.24, 2.45) is 0 Å². The van der Waals surface area contributed by atoms with Crippen molar-refractivity contribution < 1.29 is 13.9 Å². The predicted octanol–water partition coefficient (Wildman–Crippen LogP) is 4.65. The van der Waals surface area contributed by atoms with Gasteiger partial charge in [-0.1, -0.05) is 36.4 Å². The van der Waals surface area contributed by atoms with E-state index in [4.69, 9.17) is 4.74 Å². The molecule has 0 unspecified atom stereocenters. The van der Waals surface area contributed by atoms with Gasteiger partial charge in [-0.15, -0.1) is 0 Å². The molecule has 0 atom stereocenters. The number of fused-ring (bicyclic) bond motifs is 1. The fraction of sp³-hybridized carbons (Fsp3) is 0.150. The van der Waals surface area contributed by atoms with E-state index in [1.165, 1.54) is 25.3 Å². The van der Waals surface area contributed by atoms with Gasteiger partial charge in [0.15, 0.2) is 0 Å². The summed E-state index contributed by atoms with van der Waals surface area (Å²) in [5.41, 5.74) is 1.01. The number of halogens is 1. The van der Waals surface area contributed by atoms with Crippen LogP contribution in [0.25, 0.3) is 10.8 Å². The van der Waals surface area contributed by atoms with E-state index in [-0.39, 0.29) is 11.5 Å². The Morgan fingerprint density at radius 3 is 2.58 bits per heavy atom. The highest BCUT2D eigenvalue weighted by Crippen LogP contribution is 2.29. The van der Waals surface area contributed by atoms with Gasteiger partial charge in [-0.05, 0) is 36.6 Å². The van der Waals surface area contributed by atoms with Crippen LogP contribution in [0.4, 0.5) is 10.1 Å². The lowest BCUT2D eigenvalue weighted by Gasteiger charge is -2.23. The third kappa shape index (κ3) is 2.83. The van der Waals surface area contributed by atoms with E-state index in [1.807, 2.05) is 49.4 Å². The Bertz CT molecular complexity index is 886. The first kappa shape index (κ1) is 16.0. The van der Waals surface area contributed by atoms with Gasteiger partial charge in [-0.2, -0.15) is 0 Å². The Labute approximate surface area is 140 Å². The molecule has 0 N–H and O–H groups in total. The van der Waals surface area contributed by atoms with Crippen LogP contribution in [0.15, 0.2) is 60.7 Å². The first-order chi connectivity index (χ1) is 11.7. The van der Waals surface area contributed by atoms with E-state index in [0.717, 1.165) is 16.5 Å². The monoisotopic (exact) mass is 323 g/mol. The molecule has 0 aliphatic rings. The van der Waals surface area contributed by atoms with Crippen LogP contribution in [0.2, 0.25) is 0 Å². The Balaban J connectivity index is 2.12. The third-order valence-corrected chi connectivity index (χ3v) is 4.01. The Kier molecular flexibility index (Phi) is 4.47. The lowest BCUT2D eigenvalue weighted by Crippen LogP contribution is -2.31. The van der Waals surface area contributed by atoms with Crippen LogP contribution >= 0.6 is 0 Å². The van der Waals surface area contributed by atoms with Crippen molar-refractivity contribution >= 4 is 22.4 Å². The molecule has 0 heterocycles. The van der Waals surface area contributed by atoms with Gasteiger partial charge in [0.1, 0.15) is 11.6 Å². The Hall–Kier alpha value is -2.88. The fourth-order valence-electron chi connectivity index (χ4n) is 2.86. The molecule has 4 heteroatoms. The number of anilines is 1. The largest absolute Gasteiger partial charge is 0.496 e. The second kappa shape index (κ2) is 6.71. The SMILES string of the molecule is CCN(C(=O)c1cc(F)ccc1OC)c1cccc2ccccc12. The summed E-state index contributed by atoms with van der Waals surface area (Å²) < 4.78 is 18.9. The van der Waals surface area contributed by atoms with Gasteiger partial charge in [-0.25, -0.2) is 4.39 Å². The van der Waals surface area contributed by atoms with Gasteiger partial charge >= 0.3 is 0 Å². The van der Waals surface area contributed by atoms with Crippen LogP contribution in [0.3, 0.4) is 0 Å². The molecule has 3 rings (SSSR count). The number of amides is 1. The molecule has 0 saturated heterocycles. The highest BCUT2D eigenvalue weighted by atomic mass is 19.1. The Morgan fingerprint density at radius 2 is 1.83 bits per heavy atom. The summed E-state index contributed by atoms with van der Waals surface area (Å²) in [6.07, 6.45) is 0. The van der Waals surface area contributed by atoms with Crippen LogP contribution in [-0.4, -0.2) is 19.6 Å². The molecule has 0 spiro atoms. The molecule has 122 valence electrons. The molecule has 0 fully saturated rings. The number of nitrogens with zero attached hydrogens (tertiary/aromatic N) is 1. The number of benzene rings is 3. The van der Waals surface area contributed by atoms with Gasteiger partial charge in [0.05, 0.1) is 18.4 Å². The van der Waals surface area contributed by atoms with Gasteiger partial charge in [0, 0.05) is 11.9 Å². The van der Waals surface area contributed by atoms with Crippen molar-refractivity contribution in [1.82, 2.24) is 0 Å². The molecule has 24 heavy (non-hydrogen) atoms. The minimum absolute atomic E-state index is 0.215. The van der Waals surface area contributed by atoms with E-state index in [2.05, 4.69) is 0 Å². The minimum atomic E-state index is -0.465. The highest BCUT2D eigenvalue weighted by Gasteiger charge is 2.22. The molecule has 0 radical (unpaired) electrons. The highest BCUT2D eigenvalue weighted by molar-refractivity contribution is 6.12. The Morgan fingerprint density at radius 1 is 1.08 bits per heavy atom. The molecular formula is C20H18FNO2. The van der Waals surface area contributed by atoms with E-state index in [9.17, 15) is 9.18 Å². The van der Waals surface area contributed by atoms with Crippen LogP contribution in [0.1, 0.15) is 17.3 Å². The van der Waals surface area contributed by atoms with Gasteiger partial charge < -0.3 is 9.64 Å². The summed E-state index contributed by atoms with van der Waals surface area (Å²) in [7, 11) is 1.47. The molecule has 0 bridgehead atoms. The number of ether oxygens (including phenoxy) is 1. The van der Waals surface area contributed by atoms with E-state index in [1.54, 1.807) is 4.90 Å². The number of hydrogen-bond acceptors (Lipinski definition) is 2. The second-order valence-corrected chi connectivity index (χ2v) is 5.39. The molecule has 3 aromatic carbocycles. The van der Waals surface area contributed by atoms with Crippen LogP contribution in [0.5, 0.6) is 5.75 Å². The van der Waals surface area contributed by atoms with Crippen molar-refractivity contribution in [3.8, 4) is 5.75 Å². The standard InChI is InChI=1S/C20H18FNO2/c1-3-22(18-10-6-8-14-7-4-5-9-16(14)18)20(23)17-13-15(21)11-12-19(17)24-2/h4-13H,3H2,1-2H3. The average Bonchev–Trinajstić information content (AvgIpc) is 2.62. The molecule has 3 nitrogen and oxygen atoms in total. The zero-order chi connectivity index (χ0) is 17.1. The predicted molar refractivity (Wildman–Crippen MR) is 94.3 cm³/mol. The zero-order valence-electron chi connectivity index (χ0n) is 13.6. The van der Waals surface area contributed by atoms with Crippen molar-refractivity contribution in [1.29, 1.82) is 0 Å². The van der Waals surface area contributed by atoms with E-state index in [0.29, 0.717) is 12.3 Å². The number of methoxy groups -OCH3 is 1. The molecule has 1 amide bonds. The number of rotatable bonds is 4. The smallest absolute Gasteiger partial charge is 0.262 e. The quantitative estimate of drug-likeness (QED) is 0.699. The number of carbonyl (C=O) groups is 1. The van der Waals surface area contributed by atoms with Crippen LogP contribution in [-0.2, 0) is 0 Å². The molecular weight excluding hydrogens is 305 g/mol. The summed E-state index contributed by atoms with van der Waals surface area (Å²) in [6, 6.07) is 17.7. The number of hydrogen-bond donors (Lipinski definition) is 0. The molecule has 0 aliphatic heterocycles. The van der Waals surface area contributed by atoms with Crippen molar-refractivity contribution in [3.05, 3.63) is 72.0 Å². The van der Waals surface area contributed by atoms with Crippen molar-refractivity contribution in [2.75, 3.05) is 18.6 Å². The van der Waals surface area contributed by atoms with Crippen LogP contribution in [0, 0.1) is 5.82 Å². The average molecular weight is 323 g/mol. The third-order valence-electron chi connectivity index (χ3n) is 4.01. The number of carbonyl (C=O) groups excluding carboxylic acids is 1. The van der Waals surface area contributed by atoms with Gasteiger partial charge in [-0.3, -0.25) is 4.79 Å². The molecule has 3 aromatic rings. The summed E-state index contributed by atoms with van der Waals surface area (Å²) in [5.74, 6) is -0.390. The fourth-order valence-corrected chi connectivity index (χ4v) is 2.86. The first-order valence-corrected chi connectivity index (χ1v) is 7.79. The maximum Gasteiger partial charge on any atom is 0.262 e. The summed E-state index contributed by atoms with van der Waals surface area (Å²) in [5, 5.41) is 2.03. The van der Waals surface area contributed by atoms with Crippen LogP contribution < -0.4 is 9.64 Å². The zero-order valence-corrected chi connectivity index (χ0v) is 13.6. The summed E-state index contributed by atoms with van der Waals surface area (Å²) in [6.45, 7) is 2.36. The minimum Gasteiger partial charge on any atom is -0.496 e. The normalized spacial score (nSPS) is 10.6. The van der Waals surface area contributed by atoms with E-state index < -0.39 is 5.82 Å². The maximum absolute atomic E-state index is 13.6. The molecule has 0 aliphatic carbocycles. The maximum atomic E-state index is 13.6. The molecule has 0 aromatic heterocycles. The van der Waals surface area contributed by atoms with Gasteiger partial charge in [0.25, 0.3) is 5.91 Å². The lowest BCUT2D eigenvalue weighted by atomic mass is 10.1. The van der Waals surface area contributed by atoms with E-state index >= 15 is 0 Å². The van der Waals surface area contributed by atoms with Crippen molar-refractivity contribution in [3.63, 3.8) is 0 Å². The van der Waals surface area contributed by atoms with Crippen molar-refractivity contribution in [2.45, 2.75) is 6.92 Å². The van der Waals surface area contributed by atoms with Gasteiger partial charge in [0.2, 0.25) is 0 Å². The summed E-state index contributed by atoms with van der Waals surface area (Å²) in [4.78, 5) is 14.7. The summed E-state index contributed by atoms with van der Waals surface area (Å²) >= 11 is 0. The molecule has 0 saturated carbocycles. The second-order valence-electron chi connectivity index (χ2n) is 5.39.